The maximum atomic E-state index is 12.7. The molecule has 0 unspecified atom stereocenters. The molecule has 0 saturated carbocycles. The summed E-state index contributed by atoms with van der Waals surface area (Å²) in [5.41, 5.74) is -0.405. The summed E-state index contributed by atoms with van der Waals surface area (Å²) in [6.07, 6.45) is -3.76. The SMILES string of the molecule is CCNC(=O)N1CCN(C(=O)c2ccc(Oc3ccc(C(F)(F)F)cn3)cc2)CC1. The quantitative estimate of drug-likeness (QED) is 0.820. The van der Waals surface area contributed by atoms with E-state index in [1.54, 1.807) is 34.1 Å². The lowest BCUT2D eigenvalue weighted by Crippen LogP contribution is -2.53. The Bertz CT molecular complexity index is 878. The molecule has 0 radical (unpaired) electrons. The molecule has 0 spiro atoms. The molecule has 1 aliphatic heterocycles. The molecule has 2 aromatic rings. The zero-order valence-corrected chi connectivity index (χ0v) is 16.3. The predicted octanol–water partition coefficient (Wildman–Crippen LogP) is 3.38. The number of benzene rings is 1. The Morgan fingerprint density at radius 1 is 1.03 bits per heavy atom. The Balaban J connectivity index is 1.56. The van der Waals surface area contributed by atoms with Gasteiger partial charge >= 0.3 is 12.2 Å². The number of nitrogens with one attached hydrogen (secondary N) is 1. The highest BCUT2D eigenvalue weighted by atomic mass is 19.4. The zero-order chi connectivity index (χ0) is 21.7. The van der Waals surface area contributed by atoms with Gasteiger partial charge in [0.25, 0.3) is 5.91 Å². The van der Waals surface area contributed by atoms with E-state index in [4.69, 9.17) is 4.74 Å². The van der Waals surface area contributed by atoms with Crippen molar-refractivity contribution in [2.75, 3.05) is 32.7 Å². The van der Waals surface area contributed by atoms with Gasteiger partial charge in [0, 0.05) is 50.6 Å². The van der Waals surface area contributed by atoms with Gasteiger partial charge in [-0.1, -0.05) is 0 Å². The third kappa shape index (κ3) is 5.19. The molecule has 0 bridgehead atoms. The van der Waals surface area contributed by atoms with Crippen molar-refractivity contribution in [3.8, 4) is 11.6 Å². The normalized spacial score (nSPS) is 14.4. The number of piperazine rings is 1. The highest BCUT2D eigenvalue weighted by Gasteiger charge is 2.30. The summed E-state index contributed by atoms with van der Waals surface area (Å²) in [5, 5.41) is 2.74. The molecule has 1 fully saturated rings. The molecular weight excluding hydrogens is 401 g/mol. The van der Waals surface area contributed by atoms with E-state index in [9.17, 15) is 22.8 Å². The van der Waals surface area contributed by atoms with Crippen molar-refractivity contribution in [2.24, 2.45) is 0 Å². The van der Waals surface area contributed by atoms with Gasteiger partial charge in [0.15, 0.2) is 0 Å². The molecule has 0 aliphatic carbocycles. The van der Waals surface area contributed by atoms with Gasteiger partial charge in [-0.25, -0.2) is 9.78 Å². The minimum Gasteiger partial charge on any atom is -0.439 e. The van der Waals surface area contributed by atoms with E-state index in [2.05, 4.69) is 10.3 Å². The summed E-state index contributed by atoms with van der Waals surface area (Å²) in [7, 11) is 0. The molecule has 1 aromatic carbocycles. The first-order chi connectivity index (χ1) is 14.3. The van der Waals surface area contributed by atoms with Gasteiger partial charge in [-0.15, -0.1) is 0 Å². The van der Waals surface area contributed by atoms with Crippen LogP contribution in [0, 0.1) is 0 Å². The van der Waals surface area contributed by atoms with Crippen LogP contribution in [0.2, 0.25) is 0 Å². The number of aromatic nitrogens is 1. The molecule has 1 aromatic heterocycles. The van der Waals surface area contributed by atoms with E-state index < -0.39 is 11.7 Å². The molecule has 160 valence electrons. The van der Waals surface area contributed by atoms with Gasteiger partial charge in [0.05, 0.1) is 5.56 Å². The lowest BCUT2D eigenvalue weighted by Gasteiger charge is -2.34. The molecule has 30 heavy (non-hydrogen) atoms. The van der Waals surface area contributed by atoms with E-state index in [0.29, 0.717) is 50.2 Å². The number of alkyl halides is 3. The fraction of sp³-hybridized carbons (Fsp3) is 0.350. The molecule has 1 aliphatic rings. The lowest BCUT2D eigenvalue weighted by molar-refractivity contribution is -0.137. The maximum Gasteiger partial charge on any atom is 0.417 e. The number of hydrogen-bond acceptors (Lipinski definition) is 4. The third-order valence-electron chi connectivity index (χ3n) is 4.57. The van der Waals surface area contributed by atoms with E-state index in [0.717, 1.165) is 12.1 Å². The number of nitrogens with zero attached hydrogens (tertiary/aromatic N) is 3. The second-order valence-electron chi connectivity index (χ2n) is 6.62. The van der Waals surface area contributed by atoms with Crippen molar-refractivity contribution in [1.29, 1.82) is 0 Å². The minimum absolute atomic E-state index is 0.0172. The number of amides is 3. The van der Waals surface area contributed by atoms with Crippen LogP contribution in [0.15, 0.2) is 42.6 Å². The van der Waals surface area contributed by atoms with Gasteiger partial charge < -0.3 is 19.9 Å². The van der Waals surface area contributed by atoms with Crippen LogP contribution < -0.4 is 10.1 Å². The largest absolute Gasteiger partial charge is 0.439 e. The van der Waals surface area contributed by atoms with Gasteiger partial charge in [0.1, 0.15) is 5.75 Å². The van der Waals surface area contributed by atoms with Gasteiger partial charge in [-0.05, 0) is 37.3 Å². The van der Waals surface area contributed by atoms with Crippen molar-refractivity contribution in [1.82, 2.24) is 20.1 Å². The van der Waals surface area contributed by atoms with Crippen molar-refractivity contribution >= 4 is 11.9 Å². The summed E-state index contributed by atoms with van der Waals surface area (Å²) in [5.74, 6) is 0.202. The van der Waals surface area contributed by atoms with Crippen LogP contribution in [0.3, 0.4) is 0 Å². The van der Waals surface area contributed by atoms with E-state index in [1.165, 1.54) is 0 Å². The number of halogens is 3. The summed E-state index contributed by atoms with van der Waals surface area (Å²) >= 11 is 0. The molecule has 3 rings (SSSR count). The second kappa shape index (κ2) is 9.02. The Morgan fingerprint density at radius 3 is 2.20 bits per heavy atom. The number of urea groups is 1. The monoisotopic (exact) mass is 422 g/mol. The molecular formula is C20H21F3N4O3. The Kier molecular flexibility index (Phi) is 6.43. The van der Waals surface area contributed by atoms with Crippen LogP contribution in [-0.2, 0) is 6.18 Å². The Morgan fingerprint density at radius 2 is 1.67 bits per heavy atom. The first-order valence-corrected chi connectivity index (χ1v) is 9.41. The van der Waals surface area contributed by atoms with Crippen LogP contribution in [0.4, 0.5) is 18.0 Å². The van der Waals surface area contributed by atoms with Crippen molar-refractivity contribution in [2.45, 2.75) is 13.1 Å². The zero-order valence-electron chi connectivity index (χ0n) is 16.3. The van der Waals surface area contributed by atoms with Crippen LogP contribution in [-0.4, -0.2) is 59.4 Å². The minimum atomic E-state index is -4.46. The first kappa shape index (κ1) is 21.4. The van der Waals surface area contributed by atoms with Gasteiger partial charge in [-0.3, -0.25) is 4.79 Å². The highest BCUT2D eigenvalue weighted by molar-refractivity contribution is 5.94. The maximum absolute atomic E-state index is 12.7. The van der Waals surface area contributed by atoms with Crippen LogP contribution in [0.5, 0.6) is 11.6 Å². The third-order valence-corrected chi connectivity index (χ3v) is 4.57. The summed E-state index contributed by atoms with van der Waals surface area (Å²) in [6.45, 7) is 4.18. The molecule has 2 heterocycles. The predicted molar refractivity (Wildman–Crippen MR) is 102 cm³/mol. The number of ether oxygens (including phenoxy) is 1. The lowest BCUT2D eigenvalue weighted by atomic mass is 10.1. The van der Waals surface area contributed by atoms with E-state index >= 15 is 0 Å². The topological polar surface area (TPSA) is 74.8 Å². The van der Waals surface area contributed by atoms with Crippen molar-refractivity contribution in [3.05, 3.63) is 53.7 Å². The standard InChI is InChI=1S/C20H21F3N4O3/c1-2-24-19(29)27-11-9-26(10-12-27)18(28)14-3-6-16(7-4-14)30-17-8-5-15(13-25-17)20(21,22)23/h3-8,13H,2,9-12H2,1H3,(H,24,29). The number of hydrogen-bond donors (Lipinski definition) is 1. The number of carbonyl (C=O) groups excluding carboxylic acids is 2. The van der Waals surface area contributed by atoms with Crippen molar-refractivity contribution < 1.29 is 27.5 Å². The van der Waals surface area contributed by atoms with Crippen LogP contribution >= 0.6 is 0 Å². The number of carbonyl (C=O) groups is 2. The summed E-state index contributed by atoms with van der Waals surface area (Å²) in [4.78, 5) is 31.5. The highest BCUT2D eigenvalue weighted by Crippen LogP contribution is 2.30. The number of pyridine rings is 1. The molecule has 3 amide bonds. The molecule has 1 N–H and O–H groups in total. The first-order valence-electron chi connectivity index (χ1n) is 9.41. The summed E-state index contributed by atoms with van der Waals surface area (Å²) < 4.78 is 43.2. The smallest absolute Gasteiger partial charge is 0.417 e. The molecule has 7 nitrogen and oxygen atoms in total. The molecule has 10 heteroatoms. The summed E-state index contributed by atoms with van der Waals surface area (Å²) in [6, 6.07) is 8.16. The average molecular weight is 422 g/mol. The molecule has 1 saturated heterocycles. The Hall–Kier alpha value is -3.30. The van der Waals surface area contributed by atoms with Gasteiger partial charge in [-0.2, -0.15) is 13.2 Å². The average Bonchev–Trinajstić information content (AvgIpc) is 2.74. The number of rotatable bonds is 4. The van der Waals surface area contributed by atoms with E-state index in [-0.39, 0.29) is 17.8 Å². The fourth-order valence-corrected chi connectivity index (χ4v) is 2.95. The van der Waals surface area contributed by atoms with Crippen molar-refractivity contribution in [3.63, 3.8) is 0 Å². The Labute approximate surface area is 171 Å². The van der Waals surface area contributed by atoms with Gasteiger partial charge in [0.2, 0.25) is 5.88 Å². The fourth-order valence-electron chi connectivity index (χ4n) is 2.95. The van der Waals surface area contributed by atoms with Crippen LogP contribution in [0.25, 0.3) is 0 Å². The molecule has 0 atom stereocenters. The van der Waals surface area contributed by atoms with E-state index in [1.807, 2.05) is 6.92 Å². The second-order valence-corrected chi connectivity index (χ2v) is 6.62. The van der Waals surface area contributed by atoms with Crippen LogP contribution in [0.1, 0.15) is 22.8 Å².